The molecule has 106 valence electrons. The van der Waals surface area contributed by atoms with Crippen LogP contribution in [0.3, 0.4) is 0 Å². The SMILES string of the molecule is O=C(NCCCc1ccccc1)c1cc2ncccc2o1. The predicted octanol–water partition coefficient (Wildman–Crippen LogP) is 3.19. The maximum atomic E-state index is 12.0. The Balaban J connectivity index is 1.52. The van der Waals surface area contributed by atoms with E-state index in [0.717, 1.165) is 12.8 Å². The molecule has 3 rings (SSSR count). The predicted molar refractivity (Wildman–Crippen MR) is 81.1 cm³/mol. The van der Waals surface area contributed by atoms with Crippen LogP contribution in [-0.2, 0) is 6.42 Å². The molecule has 1 N–H and O–H groups in total. The third-order valence-corrected chi connectivity index (χ3v) is 3.28. The van der Waals surface area contributed by atoms with Crippen LogP contribution >= 0.6 is 0 Å². The molecule has 0 unspecified atom stereocenters. The molecule has 0 radical (unpaired) electrons. The number of pyridine rings is 1. The summed E-state index contributed by atoms with van der Waals surface area (Å²) in [7, 11) is 0. The molecule has 0 aliphatic heterocycles. The van der Waals surface area contributed by atoms with E-state index in [4.69, 9.17) is 4.42 Å². The van der Waals surface area contributed by atoms with Crippen molar-refractivity contribution in [2.45, 2.75) is 12.8 Å². The molecule has 0 saturated carbocycles. The van der Waals surface area contributed by atoms with E-state index in [2.05, 4.69) is 22.4 Å². The number of hydrogen-bond donors (Lipinski definition) is 1. The van der Waals surface area contributed by atoms with E-state index >= 15 is 0 Å². The van der Waals surface area contributed by atoms with E-state index in [1.165, 1.54) is 5.56 Å². The molecule has 2 aromatic heterocycles. The first-order valence-corrected chi connectivity index (χ1v) is 6.99. The van der Waals surface area contributed by atoms with E-state index in [-0.39, 0.29) is 5.91 Å². The van der Waals surface area contributed by atoms with Gasteiger partial charge in [-0.15, -0.1) is 0 Å². The molecule has 0 saturated heterocycles. The quantitative estimate of drug-likeness (QED) is 0.730. The highest BCUT2D eigenvalue weighted by molar-refractivity contribution is 5.95. The standard InChI is InChI=1S/C17H16N2O2/c20-17(16-12-14-15(21-16)9-5-10-18-14)19-11-4-8-13-6-2-1-3-7-13/h1-3,5-7,9-10,12H,4,8,11H2,(H,19,20). The second-order valence-electron chi connectivity index (χ2n) is 4.84. The number of aromatic nitrogens is 1. The van der Waals surface area contributed by atoms with Crippen LogP contribution in [0.25, 0.3) is 11.1 Å². The Morgan fingerprint density at radius 1 is 1.14 bits per heavy atom. The van der Waals surface area contributed by atoms with Gasteiger partial charge in [-0.05, 0) is 30.5 Å². The van der Waals surface area contributed by atoms with Crippen molar-refractivity contribution >= 4 is 17.0 Å². The summed E-state index contributed by atoms with van der Waals surface area (Å²) in [5.41, 5.74) is 2.61. The third kappa shape index (κ3) is 3.28. The molecule has 0 fully saturated rings. The average Bonchev–Trinajstić information content (AvgIpc) is 2.96. The Morgan fingerprint density at radius 3 is 2.81 bits per heavy atom. The Labute approximate surface area is 122 Å². The van der Waals surface area contributed by atoms with Gasteiger partial charge in [-0.2, -0.15) is 0 Å². The summed E-state index contributed by atoms with van der Waals surface area (Å²) >= 11 is 0. The molecule has 0 atom stereocenters. The number of benzene rings is 1. The second-order valence-corrected chi connectivity index (χ2v) is 4.84. The van der Waals surface area contributed by atoms with Crippen LogP contribution in [0.2, 0.25) is 0 Å². The summed E-state index contributed by atoms with van der Waals surface area (Å²) in [6.45, 7) is 0.623. The lowest BCUT2D eigenvalue weighted by molar-refractivity contribution is 0.0927. The second kappa shape index (κ2) is 6.22. The van der Waals surface area contributed by atoms with Crippen LogP contribution < -0.4 is 5.32 Å². The van der Waals surface area contributed by atoms with Gasteiger partial charge < -0.3 is 9.73 Å². The van der Waals surface area contributed by atoms with Crippen molar-refractivity contribution in [1.82, 2.24) is 10.3 Å². The highest BCUT2D eigenvalue weighted by Crippen LogP contribution is 2.16. The Bertz CT molecular complexity index is 702. The summed E-state index contributed by atoms with van der Waals surface area (Å²) in [6.07, 6.45) is 3.52. The first-order chi connectivity index (χ1) is 10.3. The van der Waals surface area contributed by atoms with Gasteiger partial charge in [-0.25, -0.2) is 0 Å². The van der Waals surface area contributed by atoms with Crippen molar-refractivity contribution in [3.63, 3.8) is 0 Å². The number of fused-ring (bicyclic) bond motifs is 1. The van der Waals surface area contributed by atoms with Gasteiger partial charge in [-0.3, -0.25) is 9.78 Å². The van der Waals surface area contributed by atoms with Gasteiger partial charge in [-0.1, -0.05) is 30.3 Å². The van der Waals surface area contributed by atoms with Crippen LogP contribution in [-0.4, -0.2) is 17.4 Å². The fourth-order valence-corrected chi connectivity index (χ4v) is 2.21. The lowest BCUT2D eigenvalue weighted by Crippen LogP contribution is -2.24. The molecule has 0 spiro atoms. The molecule has 0 bridgehead atoms. The average molecular weight is 280 g/mol. The largest absolute Gasteiger partial charge is 0.449 e. The van der Waals surface area contributed by atoms with Crippen molar-refractivity contribution in [3.05, 3.63) is 66.1 Å². The van der Waals surface area contributed by atoms with Gasteiger partial charge in [0, 0.05) is 18.8 Å². The molecule has 4 heteroatoms. The summed E-state index contributed by atoms with van der Waals surface area (Å²) < 4.78 is 5.47. The van der Waals surface area contributed by atoms with Gasteiger partial charge in [0.25, 0.3) is 5.91 Å². The van der Waals surface area contributed by atoms with Gasteiger partial charge in [0.05, 0.1) is 0 Å². The summed E-state index contributed by atoms with van der Waals surface area (Å²) in [5, 5.41) is 2.87. The van der Waals surface area contributed by atoms with Gasteiger partial charge in [0.2, 0.25) is 0 Å². The van der Waals surface area contributed by atoms with E-state index in [9.17, 15) is 4.79 Å². The highest BCUT2D eigenvalue weighted by Gasteiger charge is 2.11. The molecule has 4 nitrogen and oxygen atoms in total. The minimum absolute atomic E-state index is 0.193. The summed E-state index contributed by atoms with van der Waals surface area (Å²) in [4.78, 5) is 16.1. The Hall–Kier alpha value is -2.62. The fourth-order valence-electron chi connectivity index (χ4n) is 2.21. The number of carbonyl (C=O) groups is 1. The topological polar surface area (TPSA) is 55.1 Å². The van der Waals surface area contributed by atoms with E-state index in [1.807, 2.05) is 18.2 Å². The van der Waals surface area contributed by atoms with Gasteiger partial charge in [0.15, 0.2) is 11.3 Å². The van der Waals surface area contributed by atoms with Crippen molar-refractivity contribution < 1.29 is 9.21 Å². The van der Waals surface area contributed by atoms with Gasteiger partial charge in [0.1, 0.15) is 5.52 Å². The minimum Gasteiger partial charge on any atom is -0.449 e. The number of nitrogens with one attached hydrogen (secondary N) is 1. The first kappa shape index (κ1) is 13.4. The van der Waals surface area contributed by atoms with Crippen LogP contribution in [0, 0.1) is 0 Å². The maximum Gasteiger partial charge on any atom is 0.287 e. The molecule has 0 aliphatic carbocycles. The van der Waals surface area contributed by atoms with E-state index < -0.39 is 0 Å². The number of aryl methyl sites for hydroxylation is 1. The normalized spacial score (nSPS) is 10.7. The zero-order valence-electron chi connectivity index (χ0n) is 11.6. The first-order valence-electron chi connectivity index (χ1n) is 6.99. The number of nitrogens with zero attached hydrogens (tertiary/aromatic N) is 1. The number of rotatable bonds is 5. The molecule has 1 amide bonds. The molecule has 1 aromatic carbocycles. The van der Waals surface area contributed by atoms with Crippen LogP contribution in [0.15, 0.2) is 59.1 Å². The smallest absolute Gasteiger partial charge is 0.287 e. The number of amides is 1. The van der Waals surface area contributed by atoms with Crippen LogP contribution in [0.4, 0.5) is 0 Å². The van der Waals surface area contributed by atoms with Crippen molar-refractivity contribution in [1.29, 1.82) is 0 Å². The summed E-state index contributed by atoms with van der Waals surface area (Å²) in [6, 6.07) is 15.5. The highest BCUT2D eigenvalue weighted by atomic mass is 16.3. The minimum atomic E-state index is -0.193. The molecular weight excluding hydrogens is 264 g/mol. The lowest BCUT2D eigenvalue weighted by Gasteiger charge is -2.03. The Morgan fingerprint density at radius 2 is 2.00 bits per heavy atom. The van der Waals surface area contributed by atoms with Crippen LogP contribution in [0.5, 0.6) is 0 Å². The van der Waals surface area contributed by atoms with Gasteiger partial charge >= 0.3 is 0 Å². The number of hydrogen-bond acceptors (Lipinski definition) is 3. The molecule has 3 aromatic rings. The monoisotopic (exact) mass is 280 g/mol. The van der Waals surface area contributed by atoms with E-state index in [1.54, 1.807) is 24.4 Å². The molecule has 0 aliphatic rings. The van der Waals surface area contributed by atoms with Crippen LogP contribution in [0.1, 0.15) is 22.5 Å². The van der Waals surface area contributed by atoms with E-state index in [0.29, 0.717) is 23.4 Å². The zero-order chi connectivity index (χ0) is 14.5. The molecule has 2 heterocycles. The third-order valence-electron chi connectivity index (χ3n) is 3.28. The lowest BCUT2D eigenvalue weighted by atomic mass is 10.1. The maximum absolute atomic E-state index is 12.0. The fraction of sp³-hybridized carbons (Fsp3) is 0.176. The van der Waals surface area contributed by atoms with Crippen molar-refractivity contribution in [2.24, 2.45) is 0 Å². The zero-order valence-corrected chi connectivity index (χ0v) is 11.6. The van der Waals surface area contributed by atoms with Crippen molar-refractivity contribution in [2.75, 3.05) is 6.54 Å². The Kier molecular flexibility index (Phi) is 3.96. The number of carbonyl (C=O) groups excluding carboxylic acids is 1. The molecule has 21 heavy (non-hydrogen) atoms. The van der Waals surface area contributed by atoms with Crippen molar-refractivity contribution in [3.8, 4) is 0 Å². The number of furan rings is 1. The molecular formula is C17H16N2O2. The summed E-state index contributed by atoms with van der Waals surface area (Å²) in [5.74, 6) is 0.115.